The molecule has 2 fully saturated rings. The third kappa shape index (κ3) is 23.9. The van der Waals surface area contributed by atoms with Crippen LogP contribution in [0.3, 0.4) is 0 Å². The minimum Gasteiger partial charge on any atom is -0.445 e. The van der Waals surface area contributed by atoms with Crippen molar-refractivity contribution in [2.45, 2.75) is 163 Å². The van der Waals surface area contributed by atoms with Gasteiger partial charge in [-0.3, -0.25) is 4.79 Å². The summed E-state index contributed by atoms with van der Waals surface area (Å²) in [6, 6.07) is 37.7. The molecule has 16 atom stereocenters. The summed E-state index contributed by atoms with van der Waals surface area (Å²) in [5, 5.41) is 55.1. The smallest absolute Gasteiger partial charge is 0.408 e. The van der Waals surface area contributed by atoms with Gasteiger partial charge < -0.3 is 104 Å². The van der Waals surface area contributed by atoms with E-state index in [2.05, 4.69) is 41.9 Å². The Bertz CT molecular complexity index is 3600. The lowest BCUT2D eigenvalue weighted by atomic mass is 9.83. The van der Waals surface area contributed by atoms with E-state index >= 15 is 8.78 Å². The van der Waals surface area contributed by atoms with E-state index in [4.69, 9.17) is 62.4 Å². The van der Waals surface area contributed by atoms with Gasteiger partial charge in [0.25, 0.3) is 11.8 Å². The average molecular weight is 1440 g/mol. The number of aliphatic hydroxyl groups excluding tert-OH is 3. The number of ether oxygens (including phenoxy) is 12. The Labute approximate surface area is 591 Å². The summed E-state index contributed by atoms with van der Waals surface area (Å²) in [4.78, 5) is 84.5. The second-order valence-electron chi connectivity index (χ2n) is 24.1. The van der Waals surface area contributed by atoms with Crippen LogP contribution in [0.5, 0.6) is 0 Å². The summed E-state index contributed by atoms with van der Waals surface area (Å²) in [6.07, 6.45) is -20.2. The number of nitrogens with zero attached hydrogens (tertiary/aromatic N) is 3. The Kier molecular flexibility index (Phi) is 29.7. The number of hydrogen-bond donors (Lipinski definition) is 9. The zero-order chi connectivity index (χ0) is 72.9. The first-order chi connectivity index (χ1) is 49.9. The number of alkyl carbamates (subject to hydrolysis) is 5. The van der Waals surface area contributed by atoms with Crippen LogP contribution in [0, 0.1) is 0 Å². The Hall–Kier alpha value is -9.83. The topological polar surface area (TPSA) is 395 Å². The van der Waals surface area contributed by atoms with Crippen LogP contribution in [-0.4, -0.2) is 188 Å². The Morgan fingerprint density at radius 2 is 0.942 bits per heavy atom. The lowest BCUT2D eigenvalue weighted by molar-refractivity contribution is -0.282. The monoisotopic (exact) mass is 1440 g/mol. The first kappa shape index (κ1) is 77.3. The summed E-state index contributed by atoms with van der Waals surface area (Å²) in [5.41, 5.74) is 12.3. The first-order valence-electron chi connectivity index (χ1n) is 33.3. The van der Waals surface area contributed by atoms with E-state index in [0.717, 1.165) is 0 Å². The van der Waals surface area contributed by atoms with Gasteiger partial charge in [0, 0.05) is 11.5 Å². The van der Waals surface area contributed by atoms with Crippen LogP contribution < -0.4 is 31.9 Å². The minimum absolute atomic E-state index is 0.0580. The summed E-state index contributed by atoms with van der Waals surface area (Å²) >= 11 is 0. The molecule has 1 saturated carbocycles. The molecule has 0 spiro atoms. The maximum atomic E-state index is 16.1. The molecule has 5 aromatic carbocycles. The van der Waals surface area contributed by atoms with Crippen LogP contribution in [0.1, 0.15) is 54.0 Å². The number of aliphatic hydroxyl groups is 3. The van der Waals surface area contributed by atoms with Gasteiger partial charge in [0.1, 0.15) is 81.7 Å². The van der Waals surface area contributed by atoms with Crippen molar-refractivity contribution in [1.29, 1.82) is 0 Å². The zero-order valence-corrected chi connectivity index (χ0v) is 56.0. The number of halogens is 2. The van der Waals surface area contributed by atoms with E-state index < -0.39 is 160 Å². The second-order valence-corrected chi connectivity index (χ2v) is 24.1. The Balaban J connectivity index is 1.04. The van der Waals surface area contributed by atoms with Crippen molar-refractivity contribution in [2.75, 3.05) is 32.8 Å². The van der Waals surface area contributed by atoms with Crippen molar-refractivity contribution in [3.8, 4) is 0 Å². The molecule has 6 amide bonds. The van der Waals surface area contributed by atoms with Crippen LogP contribution in [0.25, 0.3) is 10.4 Å². The summed E-state index contributed by atoms with van der Waals surface area (Å²) < 4.78 is 104. The van der Waals surface area contributed by atoms with Gasteiger partial charge in [0.2, 0.25) is 0 Å². The molecule has 32 heteroatoms. The van der Waals surface area contributed by atoms with Gasteiger partial charge in [0.15, 0.2) is 25.0 Å². The highest BCUT2D eigenvalue weighted by atomic mass is 19.3. The third-order valence-electron chi connectivity index (χ3n) is 16.5. The number of unbranched alkanes of at least 4 members (excludes halogenated alkanes) is 1. The molecular weight excluding hydrogens is 1350 g/mol. The normalized spacial score (nSPS) is 25.3. The van der Waals surface area contributed by atoms with E-state index in [1.165, 1.54) is 24.3 Å². The first-order valence-corrected chi connectivity index (χ1v) is 33.3. The SMILES string of the molecule is CCCCO[C@H](C(=O)N[C@@H]1C[C@H](NC(=O)OCc2ccccc2)[C@@H](O[C@H]2O[C@H](CNC(=O)OCc3ccccc3)C=C[C@H]2NC(=O)OCc2ccccc2)[C@H](O[C@@H]2O[C@H](CO)[C@@H](O[C@H]3O[C@@H](CNC(=O)OCc4ccccc4)C=C[C@H]3NC(=O)OCc3ccccc3)[C@H]2O)[C@H]1O)C(F)(F)CN=[N+]=[N-]. The van der Waals surface area contributed by atoms with Gasteiger partial charge in [0.05, 0.1) is 50.5 Å². The molecule has 5 aromatic rings. The van der Waals surface area contributed by atoms with E-state index in [0.29, 0.717) is 34.2 Å². The molecule has 3 aliphatic heterocycles. The standard InChI is InChI=1S/C71H83F2N9O21/c1-2-3-33-92-61(71(72,73)43-77-82-74)62(86)78-53-34-54(81-70(91)97-42-48-27-17-8-18-28-48)58(101-63-51(79-68(89)95-40-46-23-13-6-14-24-46)31-29-49(98-63)35-75-66(87)93-38-44-19-9-4-10-20-44)60(56(53)84)103-65-57(85)59(55(37-83)100-65)102-64-52(80-69(90)96-41-47-25-15-7-16-26-47)32-30-50(99-64)36-76-67(88)94-39-45-21-11-5-12-22-45/h4-32,49-61,63-65,83-85H,2-3,33-43H2,1H3,(H,75,87)(H,76,88)(H,78,86)(H,79,89)(H,80,90)(H,81,91)/t49-,50+,51+,52+,53+,54-,55+,56-,57+,58+,59+,60+,61+,63+,64+,65-/m0/s1. The van der Waals surface area contributed by atoms with Gasteiger partial charge in [-0.25, -0.2) is 32.8 Å². The van der Waals surface area contributed by atoms with E-state index in [1.54, 1.807) is 159 Å². The molecule has 1 saturated heterocycles. The van der Waals surface area contributed by atoms with Crippen LogP contribution in [0.15, 0.2) is 181 Å². The largest absolute Gasteiger partial charge is 0.445 e. The number of carbonyl (C=O) groups is 6. The third-order valence-corrected chi connectivity index (χ3v) is 16.5. The molecule has 30 nitrogen and oxygen atoms in total. The fourth-order valence-corrected chi connectivity index (χ4v) is 11.2. The molecule has 0 bridgehead atoms. The number of carbonyl (C=O) groups excluding carboxylic acids is 6. The van der Waals surface area contributed by atoms with Crippen molar-refractivity contribution in [1.82, 2.24) is 31.9 Å². The number of rotatable bonds is 33. The maximum absolute atomic E-state index is 16.1. The van der Waals surface area contributed by atoms with Crippen LogP contribution >= 0.6 is 0 Å². The lowest BCUT2D eigenvalue weighted by Crippen LogP contribution is -2.68. The molecule has 0 aromatic heterocycles. The Morgan fingerprint density at radius 3 is 1.36 bits per heavy atom. The van der Waals surface area contributed by atoms with Gasteiger partial charge in [-0.05, 0) is 46.2 Å². The van der Waals surface area contributed by atoms with Crippen molar-refractivity contribution >= 4 is 36.4 Å². The summed E-state index contributed by atoms with van der Waals surface area (Å²) in [5.74, 6) is -5.67. The van der Waals surface area contributed by atoms with Crippen molar-refractivity contribution < 1.29 is 110 Å². The highest BCUT2D eigenvalue weighted by Gasteiger charge is 2.55. The number of hydrogen-bond acceptors (Lipinski definition) is 22. The molecule has 1 aliphatic carbocycles. The number of benzene rings is 5. The summed E-state index contributed by atoms with van der Waals surface area (Å²) in [6.45, 7) is -2.38. The molecule has 3 heterocycles. The predicted molar refractivity (Wildman–Crippen MR) is 358 cm³/mol. The van der Waals surface area contributed by atoms with Crippen molar-refractivity contribution in [3.63, 3.8) is 0 Å². The molecule has 0 radical (unpaired) electrons. The van der Waals surface area contributed by atoms with Gasteiger partial charge >= 0.3 is 30.5 Å². The minimum atomic E-state index is -4.15. The molecule has 103 heavy (non-hydrogen) atoms. The molecule has 552 valence electrons. The van der Waals surface area contributed by atoms with Gasteiger partial charge in [-0.1, -0.05) is 194 Å². The maximum Gasteiger partial charge on any atom is 0.408 e. The van der Waals surface area contributed by atoms with Crippen molar-refractivity contribution in [3.05, 3.63) is 214 Å². The highest BCUT2D eigenvalue weighted by Crippen LogP contribution is 2.36. The number of amides is 6. The molecule has 4 aliphatic rings. The fraction of sp³-hybridized carbons (Fsp3) is 0.437. The lowest BCUT2D eigenvalue weighted by Gasteiger charge is -2.47. The van der Waals surface area contributed by atoms with E-state index in [9.17, 15) is 44.1 Å². The number of azide groups is 1. The quantitative estimate of drug-likeness (QED) is 0.00515. The molecule has 0 unspecified atom stereocenters. The number of nitrogens with one attached hydrogen (secondary N) is 6. The molecular formula is C71H83F2N9O21. The van der Waals surface area contributed by atoms with Gasteiger partial charge in [-0.2, -0.15) is 0 Å². The van der Waals surface area contributed by atoms with E-state index in [1.807, 2.05) is 0 Å². The number of alkyl halides is 2. The molecule has 9 N–H and O–H groups in total. The second kappa shape index (κ2) is 39.6. The predicted octanol–water partition coefficient (Wildman–Crippen LogP) is 6.90. The zero-order valence-electron chi connectivity index (χ0n) is 56.0. The summed E-state index contributed by atoms with van der Waals surface area (Å²) in [7, 11) is 0. The van der Waals surface area contributed by atoms with Crippen molar-refractivity contribution in [2.24, 2.45) is 5.11 Å². The molecule has 9 rings (SSSR count). The van der Waals surface area contributed by atoms with Crippen LogP contribution in [-0.2, 0) is 94.7 Å². The fourth-order valence-electron chi connectivity index (χ4n) is 11.2. The Morgan fingerprint density at radius 1 is 0.534 bits per heavy atom. The van der Waals surface area contributed by atoms with Crippen LogP contribution in [0.2, 0.25) is 0 Å². The van der Waals surface area contributed by atoms with Gasteiger partial charge in [-0.15, -0.1) is 0 Å². The average Bonchev–Trinajstić information content (AvgIpc) is 1.73. The van der Waals surface area contributed by atoms with Crippen LogP contribution in [0.4, 0.5) is 32.8 Å². The highest BCUT2D eigenvalue weighted by molar-refractivity contribution is 5.82. The van der Waals surface area contributed by atoms with E-state index in [-0.39, 0.29) is 59.2 Å².